The van der Waals surface area contributed by atoms with E-state index >= 15 is 0 Å². The smallest absolute Gasteiger partial charge is 0.0538 e. The first-order chi connectivity index (χ1) is 10.2. The van der Waals surface area contributed by atoms with E-state index in [4.69, 9.17) is 0 Å². The number of aromatic nitrogens is 2. The average Bonchev–Trinajstić information content (AvgIpc) is 3.05. The molecule has 0 bridgehead atoms. The normalized spacial score (nSPS) is 17.4. The molecule has 0 aliphatic carbocycles. The van der Waals surface area contributed by atoms with E-state index in [1.807, 2.05) is 18.0 Å². The number of thioether (sulfide) groups is 1. The van der Waals surface area contributed by atoms with Gasteiger partial charge in [0, 0.05) is 22.9 Å². The molecule has 112 valence electrons. The standard InChI is InChI=1S/C17H23N3S/c1-13(2)10-18-11-15-7-8-19-20(15)12-16-9-14-5-3-4-6-17(14)21-16/h3-8,13,16,18H,9-12H2,1-2H3. The van der Waals surface area contributed by atoms with Crippen LogP contribution in [0.5, 0.6) is 0 Å². The molecule has 1 N–H and O–H groups in total. The van der Waals surface area contributed by atoms with Crippen molar-refractivity contribution in [3.8, 4) is 0 Å². The minimum absolute atomic E-state index is 0.603. The van der Waals surface area contributed by atoms with E-state index in [0.717, 1.165) is 26.1 Å². The maximum absolute atomic E-state index is 4.50. The van der Waals surface area contributed by atoms with E-state index < -0.39 is 0 Å². The molecule has 1 aliphatic heterocycles. The summed E-state index contributed by atoms with van der Waals surface area (Å²) in [5, 5.41) is 8.61. The maximum Gasteiger partial charge on any atom is 0.0538 e. The molecule has 0 fully saturated rings. The first kappa shape index (κ1) is 14.7. The van der Waals surface area contributed by atoms with Crippen LogP contribution in [0.15, 0.2) is 41.4 Å². The van der Waals surface area contributed by atoms with E-state index in [2.05, 4.69) is 59.3 Å². The molecule has 1 aliphatic rings. The summed E-state index contributed by atoms with van der Waals surface area (Å²) in [4.78, 5) is 1.44. The predicted octanol–water partition coefficient (Wildman–Crippen LogP) is 3.35. The fourth-order valence-electron chi connectivity index (χ4n) is 2.71. The van der Waals surface area contributed by atoms with Crippen LogP contribution in [-0.4, -0.2) is 21.6 Å². The number of hydrogen-bond acceptors (Lipinski definition) is 3. The first-order valence-corrected chi connectivity index (χ1v) is 8.56. The predicted molar refractivity (Wildman–Crippen MR) is 88.6 cm³/mol. The van der Waals surface area contributed by atoms with Crippen molar-refractivity contribution in [2.24, 2.45) is 5.92 Å². The van der Waals surface area contributed by atoms with Crippen molar-refractivity contribution in [2.45, 2.75) is 43.5 Å². The van der Waals surface area contributed by atoms with Crippen LogP contribution in [0, 0.1) is 5.92 Å². The van der Waals surface area contributed by atoms with Crippen molar-refractivity contribution in [2.75, 3.05) is 6.54 Å². The molecular weight excluding hydrogens is 278 g/mol. The Balaban J connectivity index is 1.58. The van der Waals surface area contributed by atoms with Crippen molar-refractivity contribution >= 4 is 11.8 Å². The molecule has 1 aromatic carbocycles. The average molecular weight is 301 g/mol. The number of nitrogens with zero attached hydrogens (tertiary/aromatic N) is 2. The van der Waals surface area contributed by atoms with Gasteiger partial charge in [0.15, 0.2) is 0 Å². The lowest BCUT2D eigenvalue weighted by atomic mass is 10.1. The fourth-order valence-corrected chi connectivity index (χ4v) is 4.01. The molecule has 0 amide bonds. The number of benzene rings is 1. The van der Waals surface area contributed by atoms with Gasteiger partial charge in [-0.3, -0.25) is 4.68 Å². The summed E-state index contributed by atoms with van der Waals surface area (Å²) in [7, 11) is 0. The van der Waals surface area contributed by atoms with Crippen LogP contribution in [-0.2, 0) is 19.5 Å². The van der Waals surface area contributed by atoms with Crippen LogP contribution in [0.4, 0.5) is 0 Å². The van der Waals surface area contributed by atoms with Gasteiger partial charge in [0.25, 0.3) is 0 Å². The summed E-state index contributed by atoms with van der Waals surface area (Å²) in [5.74, 6) is 0.682. The second kappa shape index (κ2) is 6.67. The Kier molecular flexibility index (Phi) is 4.66. The van der Waals surface area contributed by atoms with Crippen LogP contribution >= 0.6 is 11.8 Å². The summed E-state index contributed by atoms with van der Waals surface area (Å²) >= 11 is 1.99. The van der Waals surface area contributed by atoms with Crippen molar-refractivity contribution in [1.82, 2.24) is 15.1 Å². The fraction of sp³-hybridized carbons (Fsp3) is 0.471. The molecule has 2 aromatic rings. The molecule has 1 unspecified atom stereocenters. The lowest BCUT2D eigenvalue weighted by Crippen LogP contribution is -2.23. The van der Waals surface area contributed by atoms with E-state index in [1.165, 1.54) is 16.2 Å². The summed E-state index contributed by atoms with van der Waals surface area (Å²) in [6, 6.07) is 10.9. The minimum atomic E-state index is 0.603. The van der Waals surface area contributed by atoms with Gasteiger partial charge in [0.1, 0.15) is 0 Å². The van der Waals surface area contributed by atoms with Crippen molar-refractivity contribution in [3.05, 3.63) is 47.8 Å². The number of fused-ring (bicyclic) bond motifs is 1. The van der Waals surface area contributed by atoms with Crippen molar-refractivity contribution in [3.63, 3.8) is 0 Å². The Labute approximate surface area is 131 Å². The van der Waals surface area contributed by atoms with Gasteiger partial charge < -0.3 is 5.32 Å². The van der Waals surface area contributed by atoms with E-state index in [0.29, 0.717) is 11.2 Å². The molecule has 0 spiro atoms. The first-order valence-electron chi connectivity index (χ1n) is 7.68. The third kappa shape index (κ3) is 3.69. The summed E-state index contributed by atoms with van der Waals surface area (Å²) in [6.45, 7) is 7.41. The topological polar surface area (TPSA) is 29.9 Å². The molecule has 0 radical (unpaired) electrons. The number of hydrogen-bond donors (Lipinski definition) is 1. The molecule has 21 heavy (non-hydrogen) atoms. The Bertz CT molecular complexity index is 566. The van der Waals surface area contributed by atoms with Crippen LogP contribution in [0.3, 0.4) is 0 Å². The Morgan fingerprint density at radius 1 is 1.33 bits per heavy atom. The highest BCUT2D eigenvalue weighted by Crippen LogP contribution is 2.37. The van der Waals surface area contributed by atoms with Crippen LogP contribution < -0.4 is 5.32 Å². The second-order valence-electron chi connectivity index (χ2n) is 6.08. The summed E-state index contributed by atoms with van der Waals surface area (Å²) in [6.07, 6.45) is 3.07. The van der Waals surface area contributed by atoms with Gasteiger partial charge in [-0.05, 0) is 36.6 Å². The zero-order chi connectivity index (χ0) is 14.7. The zero-order valence-corrected chi connectivity index (χ0v) is 13.6. The third-order valence-electron chi connectivity index (χ3n) is 3.75. The number of nitrogens with one attached hydrogen (secondary N) is 1. The van der Waals surface area contributed by atoms with Gasteiger partial charge >= 0.3 is 0 Å². The van der Waals surface area contributed by atoms with Gasteiger partial charge in [-0.25, -0.2) is 0 Å². The van der Waals surface area contributed by atoms with Gasteiger partial charge in [-0.15, -0.1) is 11.8 Å². The second-order valence-corrected chi connectivity index (χ2v) is 7.42. The highest BCUT2D eigenvalue weighted by Gasteiger charge is 2.22. The monoisotopic (exact) mass is 301 g/mol. The van der Waals surface area contributed by atoms with Crippen molar-refractivity contribution < 1.29 is 0 Å². The Morgan fingerprint density at radius 2 is 2.19 bits per heavy atom. The maximum atomic E-state index is 4.50. The molecular formula is C17H23N3S. The molecule has 4 heteroatoms. The van der Waals surface area contributed by atoms with Gasteiger partial charge in [-0.1, -0.05) is 32.0 Å². The lowest BCUT2D eigenvalue weighted by molar-refractivity contribution is 0.513. The largest absolute Gasteiger partial charge is 0.311 e. The molecule has 3 rings (SSSR count). The highest BCUT2D eigenvalue weighted by atomic mass is 32.2. The molecule has 1 atom stereocenters. The number of rotatable bonds is 6. The lowest BCUT2D eigenvalue weighted by Gasteiger charge is -2.13. The zero-order valence-electron chi connectivity index (χ0n) is 12.7. The Hall–Kier alpha value is -1.26. The van der Waals surface area contributed by atoms with Crippen molar-refractivity contribution in [1.29, 1.82) is 0 Å². The van der Waals surface area contributed by atoms with Gasteiger partial charge in [-0.2, -0.15) is 5.10 Å². The molecule has 0 saturated carbocycles. The highest BCUT2D eigenvalue weighted by molar-refractivity contribution is 8.00. The van der Waals surface area contributed by atoms with Crippen LogP contribution in [0.2, 0.25) is 0 Å². The van der Waals surface area contributed by atoms with Gasteiger partial charge in [0.05, 0.1) is 12.2 Å². The SMILES string of the molecule is CC(C)CNCc1ccnn1CC1Cc2ccccc2S1. The molecule has 3 nitrogen and oxygen atoms in total. The van der Waals surface area contributed by atoms with E-state index in [9.17, 15) is 0 Å². The third-order valence-corrected chi connectivity index (χ3v) is 5.05. The summed E-state index contributed by atoms with van der Waals surface area (Å²) < 4.78 is 2.16. The molecule has 0 saturated heterocycles. The van der Waals surface area contributed by atoms with E-state index in [-0.39, 0.29) is 0 Å². The molecule has 1 aromatic heterocycles. The molecule has 2 heterocycles. The van der Waals surface area contributed by atoms with E-state index in [1.54, 1.807) is 0 Å². The van der Waals surface area contributed by atoms with Crippen LogP contribution in [0.1, 0.15) is 25.1 Å². The quantitative estimate of drug-likeness (QED) is 0.887. The van der Waals surface area contributed by atoms with Crippen LogP contribution in [0.25, 0.3) is 0 Å². The Morgan fingerprint density at radius 3 is 3.00 bits per heavy atom. The van der Waals surface area contributed by atoms with Gasteiger partial charge in [0.2, 0.25) is 0 Å². The minimum Gasteiger partial charge on any atom is -0.311 e. The summed E-state index contributed by atoms with van der Waals surface area (Å²) in [5.41, 5.74) is 2.77.